The fraction of sp³-hybridized carbons (Fsp3) is 0.345. The third-order valence-electron chi connectivity index (χ3n) is 7.34. The number of sulfonamides is 1. The van der Waals surface area contributed by atoms with Crippen LogP contribution in [0.3, 0.4) is 0 Å². The Morgan fingerprint density at radius 1 is 1.03 bits per heavy atom. The highest BCUT2D eigenvalue weighted by atomic mass is 32.2. The number of aryl methyl sites for hydroxylation is 2. The maximum atomic E-state index is 13.2. The molecule has 2 heterocycles. The number of hydrogen-bond donors (Lipinski definition) is 2. The van der Waals surface area contributed by atoms with Crippen LogP contribution in [0.1, 0.15) is 70.9 Å². The molecule has 3 aromatic rings. The molecule has 0 radical (unpaired) electrons. The lowest BCUT2D eigenvalue weighted by Gasteiger charge is -2.36. The molecule has 0 aromatic heterocycles. The second kappa shape index (κ2) is 9.71. The lowest BCUT2D eigenvalue weighted by Crippen LogP contribution is -2.29. The van der Waals surface area contributed by atoms with E-state index >= 15 is 0 Å². The molecule has 3 atom stereocenters. The summed E-state index contributed by atoms with van der Waals surface area (Å²) in [5, 5.41) is 3.62. The average molecular weight is 505 g/mol. The number of carbonyl (C=O) groups is 1. The van der Waals surface area contributed by atoms with Crippen molar-refractivity contribution in [3.8, 4) is 0 Å². The number of benzene rings is 3. The van der Waals surface area contributed by atoms with E-state index in [4.69, 9.17) is 4.74 Å². The van der Waals surface area contributed by atoms with E-state index in [9.17, 15) is 13.2 Å². The predicted molar refractivity (Wildman–Crippen MR) is 142 cm³/mol. The second-order valence-electron chi connectivity index (χ2n) is 9.81. The first kappa shape index (κ1) is 24.5. The van der Waals surface area contributed by atoms with E-state index in [2.05, 4.69) is 10.0 Å². The van der Waals surface area contributed by atoms with Gasteiger partial charge in [0.2, 0.25) is 0 Å². The Morgan fingerprint density at radius 2 is 1.81 bits per heavy atom. The minimum Gasteiger partial charge on any atom is -0.378 e. The summed E-state index contributed by atoms with van der Waals surface area (Å²) >= 11 is 0. The van der Waals surface area contributed by atoms with E-state index in [1.54, 1.807) is 18.2 Å². The van der Waals surface area contributed by atoms with Crippen molar-refractivity contribution in [2.75, 3.05) is 16.6 Å². The summed E-state index contributed by atoms with van der Waals surface area (Å²) in [6.07, 6.45) is 2.07. The number of nitrogens with one attached hydrogen (secondary N) is 2. The molecule has 36 heavy (non-hydrogen) atoms. The van der Waals surface area contributed by atoms with E-state index < -0.39 is 10.0 Å². The smallest absolute Gasteiger partial charge is 0.261 e. The summed E-state index contributed by atoms with van der Waals surface area (Å²) in [6.45, 7) is 6.59. The van der Waals surface area contributed by atoms with E-state index in [1.807, 2.05) is 63.2 Å². The van der Waals surface area contributed by atoms with Gasteiger partial charge >= 0.3 is 0 Å². The average Bonchev–Trinajstić information content (AvgIpc) is 3.36. The fourth-order valence-corrected chi connectivity index (χ4v) is 6.30. The van der Waals surface area contributed by atoms with Gasteiger partial charge in [0.15, 0.2) is 5.78 Å². The Hall–Kier alpha value is -3.16. The first-order valence-electron chi connectivity index (χ1n) is 12.5. The van der Waals surface area contributed by atoms with Crippen molar-refractivity contribution in [1.29, 1.82) is 0 Å². The minimum absolute atomic E-state index is 0.0245. The predicted octanol–water partition coefficient (Wildman–Crippen LogP) is 6.33. The molecule has 2 N–H and O–H groups in total. The van der Waals surface area contributed by atoms with Crippen molar-refractivity contribution in [2.24, 2.45) is 5.92 Å². The third kappa shape index (κ3) is 4.65. The Morgan fingerprint density at radius 3 is 2.53 bits per heavy atom. The van der Waals surface area contributed by atoms with Crippen LogP contribution in [0.25, 0.3) is 0 Å². The Balaban J connectivity index is 1.42. The van der Waals surface area contributed by atoms with Gasteiger partial charge in [-0.25, -0.2) is 8.42 Å². The van der Waals surface area contributed by atoms with Crippen molar-refractivity contribution >= 4 is 27.2 Å². The van der Waals surface area contributed by atoms with Crippen LogP contribution in [-0.4, -0.2) is 20.8 Å². The molecule has 1 fully saturated rings. The largest absolute Gasteiger partial charge is 0.378 e. The number of ketones is 1. The molecule has 0 aliphatic carbocycles. The molecule has 188 valence electrons. The van der Waals surface area contributed by atoms with Gasteiger partial charge in [0.1, 0.15) is 0 Å². The van der Waals surface area contributed by atoms with Crippen LogP contribution < -0.4 is 10.0 Å². The maximum absolute atomic E-state index is 13.2. The molecule has 6 nitrogen and oxygen atoms in total. The highest BCUT2D eigenvalue weighted by Gasteiger charge is 2.42. The molecule has 1 unspecified atom stereocenters. The first-order valence-corrected chi connectivity index (χ1v) is 14.0. The Kier molecular flexibility index (Phi) is 6.62. The van der Waals surface area contributed by atoms with Gasteiger partial charge in [-0.15, -0.1) is 0 Å². The molecule has 2 aliphatic rings. The first-order chi connectivity index (χ1) is 17.3. The standard InChI is InChI=1S/C29H32N2O4S/c1-4-5-27(32)20-7-9-21(10-8-20)28-24-14-15-35-29(24)25-17-23(12-13-26(25)30-28)36(33,34)31-22-11-6-18(2)19(3)16-22/h6-13,16-17,24,28-31H,4-5,14-15H2,1-3H3/t24-,28?,29-/m0/s1. The van der Waals surface area contributed by atoms with Crippen molar-refractivity contribution in [1.82, 2.24) is 0 Å². The van der Waals surface area contributed by atoms with Crippen molar-refractivity contribution < 1.29 is 17.9 Å². The number of rotatable bonds is 7. The lowest BCUT2D eigenvalue weighted by molar-refractivity contribution is 0.0827. The number of ether oxygens (including phenoxy) is 1. The monoisotopic (exact) mass is 504 g/mol. The quantitative estimate of drug-likeness (QED) is 0.367. The van der Waals surface area contributed by atoms with Crippen molar-refractivity contribution in [3.05, 3.63) is 88.5 Å². The number of hydrogen-bond acceptors (Lipinski definition) is 5. The van der Waals surface area contributed by atoms with Gasteiger partial charge in [-0.3, -0.25) is 9.52 Å². The molecule has 3 aromatic carbocycles. The van der Waals surface area contributed by atoms with Gasteiger partial charge in [0, 0.05) is 41.4 Å². The van der Waals surface area contributed by atoms with E-state index in [0.29, 0.717) is 18.7 Å². The van der Waals surface area contributed by atoms with E-state index in [1.165, 1.54) is 0 Å². The fourth-order valence-electron chi connectivity index (χ4n) is 5.21. The van der Waals surface area contributed by atoms with Crippen LogP contribution in [0.2, 0.25) is 0 Å². The molecule has 0 bridgehead atoms. The van der Waals surface area contributed by atoms with Crippen LogP contribution in [0.5, 0.6) is 0 Å². The zero-order valence-electron chi connectivity index (χ0n) is 20.9. The van der Waals surface area contributed by atoms with E-state index in [-0.39, 0.29) is 28.7 Å². The molecule has 0 spiro atoms. The summed E-state index contributed by atoms with van der Waals surface area (Å²) in [6, 6.07) is 18.6. The highest BCUT2D eigenvalue weighted by Crippen LogP contribution is 2.50. The van der Waals surface area contributed by atoms with Gasteiger partial charge in [0.05, 0.1) is 17.0 Å². The molecule has 0 amide bonds. The molecule has 0 saturated carbocycles. The molecular formula is C29H32N2O4S. The van der Waals surface area contributed by atoms with Gasteiger partial charge in [-0.2, -0.15) is 0 Å². The normalized spacial score (nSPS) is 20.8. The van der Waals surface area contributed by atoms with E-state index in [0.717, 1.165) is 46.3 Å². The molecular weight excluding hydrogens is 472 g/mol. The molecule has 5 rings (SSSR count). The zero-order valence-corrected chi connectivity index (χ0v) is 21.7. The van der Waals surface area contributed by atoms with Gasteiger partial charge < -0.3 is 10.1 Å². The summed E-state index contributed by atoms with van der Waals surface area (Å²) in [5.74, 6) is 0.330. The Labute approximate surface area is 213 Å². The Bertz CT molecular complexity index is 1400. The zero-order chi connectivity index (χ0) is 25.4. The minimum atomic E-state index is -3.75. The molecule has 2 aliphatic heterocycles. The summed E-state index contributed by atoms with van der Waals surface area (Å²) in [5.41, 5.74) is 6.26. The van der Waals surface area contributed by atoms with Crippen LogP contribution in [0.15, 0.2) is 65.6 Å². The number of Topliss-reactive ketones (excluding diaryl/α,β-unsaturated/α-hetero) is 1. The summed E-state index contributed by atoms with van der Waals surface area (Å²) in [4.78, 5) is 12.5. The maximum Gasteiger partial charge on any atom is 0.261 e. The lowest BCUT2D eigenvalue weighted by atomic mass is 9.81. The highest BCUT2D eigenvalue weighted by molar-refractivity contribution is 7.92. The van der Waals surface area contributed by atoms with Gasteiger partial charge in [0.25, 0.3) is 10.0 Å². The molecule has 7 heteroatoms. The van der Waals surface area contributed by atoms with Crippen molar-refractivity contribution in [3.63, 3.8) is 0 Å². The van der Waals surface area contributed by atoms with Crippen LogP contribution in [0.4, 0.5) is 11.4 Å². The third-order valence-corrected chi connectivity index (χ3v) is 8.72. The van der Waals surface area contributed by atoms with Gasteiger partial charge in [-0.05, 0) is 73.7 Å². The summed E-state index contributed by atoms with van der Waals surface area (Å²) in [7, 11) is -3.75. The molecule has 1 saturated heterocycles. The SMILES string of the molecule is CCCC(=O)c1ccc(C2Nc3ccc(S(=O)(=O)Nc4ccc(C)c(C)c4)cc3[C@H]3OCC[C@@H]23)cc1. The van der Waals surface area contributed by atoms with Crippen LogP contribution >= 0.6 is 0 Å². The number of carbonyl (C=O) groups excluding carboxylic acids is 1. The number of anilines is 2. The summed E-state index contributed by atoms with van der Waals surface area (Å²) < 4.78 is 35.2. The van der Waals surface area contributed by atoms with Crippen LogP contribution in [-0.2, 0) is 14.8 Å². The topological polar surface area (TPSA) is 84.5 Å². The number of fused-ring (bicyclic) bond motifs is 3. The van der Waals surface area contributed by atoms with Gasteiger partial charge in [-0.1, -0.05) is 37.3 Å². The second-order valence-corrected chi connectivity index (χ2v) is 11.5. The van der Waals surface area contributed by atoms with Crippen molar-refractivity contribution in [2.45, 2.75) is 57.1 Å². The van der Waals surface area contributed by atoms with Crippen LogP contribution in [0, 0.1) is 19.8 Å².